The van der Waals surface area contributed by atoms with Gasteiger partial charge in [-0.05, 0) is 24.3 Å². The highest BCUT2D eigenvalue weighted by Gasteiger charge is 2.28. The van der Waals surface area contributed by atoms with Crippen molar-refractivity contribution in [1.29, 1.82) is 0 Å². The Kier molecular flexibility index (Phi) is 5.54. The van der Waals surface area contributed by atoms with Crippen LogP contribution in [0.15, 0.2) is 29.4 Å². The lowest BCUT2D eigenvalue weighted by Crippen LogP contribution is -2.11. The van der Waals surface area contributed by atoms with Crippen LogP contribution in [0.1, 0.15) is 23.6 Å². The van der Waals surface area contributed by atoms with E-state index in [-0.39, 0.29) is 6.04 Å². The van der Waals surface area contributed by atoms with Crippen LogP contribution in [0.5, 0.6) is 11.5 Å². The second kappa shape index (κ2) is 7.50. The first-order valence-electron chi connectivity index (χ1n) is 7.33. The molecule has 1 aliphatic heterocycles. The maximum absolute atomic E-state index is 6.37. The molecule has 1 N–H and O–H groups in total. The predicted molar refractivity (Wildman–Crippen MR) is 103 cm³/mol. The first-order valence-corrected chi connectivity index (χ1v) is 8.84. The van der Waals surface area contributed by atoms with Crippen LogP contribution in [0.3, 0.4) is 0 Å². The summed E-state index contributed by atoms with van der Waals surface area (Å²) < 4.78 is 10.3. The lowest BCUT2D eigenvalue weighted by atomic mass is 9.98. The first kappa shape index (κ1) is 18.5. The molecule has 3 rings (SSSR count). The molecule has 0 bridgehead atoms. The fourth-order valence-electron chi connectivity index (χ4n) is 2.72. The fraction of sp³-hybridized carbons (Fsp3) is 0.235. The molecule has 0 saturated carbocycles. The summed E-state index contributed by atoms with van der Waals surface area (Å²) in [6.07, 6.45) is 0.539. The molecule has 132 valence electrons. The zero-order valence-electron chi connectivity index (χ0n) is 13.4. The molecular formula is C17H14Cl4N2O2. The zero-order chi connectivity index (χ0) is 18.1. The van der Waals surface area contributed by atoms with Crippen LogP contribution < -0.4 is 14.9 Å². The average Bonchev–Trinajstić information content (AvgIpc) is 3.02. The summed E-state index contributed by atoms with van der Waals surface area (Å²) in [6.45, 7) is 0. The Bertz CT molecular complexity index is 809. The van der Waals surface area contributed by atoms with E-state index in [9.17, 15) is 0 Å². The van der Waals surface area contributed by atoms with Gasteiger partial charge in [-0.3, -0.25) is 0 Å². The highest BCUT2D eigenvalue weighted by Crippen LogP contribution is 2.40. The summed E-state index contributed by atoms with van der Waals surface area (Å²) in [5, 5.41) is 6.32. The Morgan fingerprint density at radius 2 is 1.36 bits per heavy atom. The molecule has 0 saturated heterocycles. The molecule has 0 aromatic heterocycles. The molecule has 0 aliphatic carbocycles. The predicted octanol–water partition coefficient (Wildman–Crippen LogP) is 5.76. The third-order valence-corrected chi connectivity index (χ3v) is 5.15. The summed E-state index contributed by atoms with van der Waals surface area (Å²) in [4.78, 5) is 0. The molecule has 0 radical (unpaired) electrons. The van der Waals surface area contributed by atoms with E-state index < -0.39 is 0 Å². The van der Waals surface area contributed by atoms with E-state index in [2.05, 4.69) is 10.5 Å². The molecule has 25 heavy (non-hydrogen) atoms. The van der Waals surface area contributed by atoms with Crippen LogP contribution in [0.25, 0.3) is 0 Å². The van der Waals surface area contributed by atoms with Crippen molar-refractivity contribution in [2.45, 2.75) is 12.5 Å². The Morgan fingerprint density at radius 1 is 0.880 bits per heavy atom. The third kappa shape index (κ3) is 3.63. The van der Waals surface area contributed by atoms with Crippen LogP contribution >= 0.6 is 46.4 Å². The number of halogens is 4. The lowest BCUT2D eigenvalue weighted by Gasteiger charge is -2.16. The van der Waals surface area contributed by atoms with Crippen LogP contribution in [-0.4, -0.2) is 19.9 Å². The highest BCUT2D eigenvalue weighted by atomic mass is 35.5. The van der Waals surface area contributed by atoms with Crippen LogP contribution in [0.2, 0.25) is 20.1 Å². The summed E-state index contributed by atoms with van der Waals surface area (Å²) in [5.74, 6) is 1.18. The van der Waals surface area contributed by atoms with Gasteiger partial charge in [0.2, 0.25) is 0 Å². The minimum Gasteiger partial charge on any atom is -0.497 e. The minimum absolute atomic E-state index is 0.185. The summed E-state index contributed by atoms with van der Waals surface area (Å²) in [5.41, 5.74) is 5.20. The normalized spacial score (nSPS) is 16.4. The minimum atomic E-state index is -0.185. The van der Waals surface area contributed by atoms with E-state index in [0.29, 0.717) is 43.6 Å². The van der Waals surface area contributed by atoms with Gasteiger partial charge in [0.15, 0.2) is 0 Å². The molecule has 2 aromatic carbocycles. The summed E-state index contributed by atoms with van der Waals surface area (Å²) in [7, 11) is 3.12. The van der Waals surface area contributed by atoms with Gasteiger partial charge >= 0.3 is 0 Å². The molecule has 0 amide bonds. The van der Waals surface area contributed by atoms with Gasteiger partial charge in [-0.2, -0.15) is 5.10 Å². The molecule has 0 fully saturated rings. The number of hydrogen-bond donors (Lipinski definition) is 1. The maximum atomic E-state index is 6.37. The molecule has 1 unspecified atom stereocenters. The maximum Gasteiger partial charge on any atom is 0.121 e. The Hall–Kier alpha value is -1.33. The number of benzene rings is 2. The van der Waals surface area contributed by atoms with Gasteiger partial charge in [0, 0.05) is 17.5 Å². The van der Waals surface area contributed by atoms with Gasteiger partial charge in [0.05, 0.1) is 46.1 Å². The highest BCUT2D eigenvalue weighted by molar-refractivity contribution is 6.40. The smallest absolute Gasteiger partial charge is 0.121 e. The van der Waals surface area contributed by atoms with E-state index in [1.165, 1.54) is 0 Å². The number of nitrogens with one attached hydrogen (secondary N) is 1. The van der Waals surface area contributed by atoms with Crippen LogP contribution in [0, 0.1) is 0 Å². The molecule has 1 atom stereocenters. The molecule has 1 heterocycles. The van der Waals surface area contributed by atoms with E-state index in [1.807, 2.05) is 0 Å². The largest absolute Gasteiger partial charge is 0.497 e. The molecule has 2 aromatic rings. The van der Waals surface area contributed by atoms with Crippen molar-refractivity contribution in [3.05, 3.63) is 55.5 Å². The van der Waals surface area contributed by atoms with Gasteiger partial charge in [-0.15, -0.1) is 0 Å². The van der Waals surface area contributed by atoms with E-state index in [1.54, 1.807) is 38.5 Å². The number of rotatable bonds is 4. The SMILES string of the molecule is COc1cc(Cl)c(C2=NNC(c3c(Cl)cc(OC)cc3Cl)C2)c(Cl)c1. The van der Waals surface area contributed by atoms with E-state index >= 15 is 0 Å². The van der Waals surface area contributed by atoms with Crippen molar-refractivity contribution in [3.8, 4) is 11.5 Å². The van der Waals surface area contributed by atoms with Crippen LogP contribution in [0.4, 0.5) is 0 Å². The van der Waals surface area contributed by atoms with Crippen molar-refractivity contribution in [2.24, 2.45) is 5.10 Å². The van der Waals surface area contributed by atoms with Gasteiger partial charge in [0.1, 0.15) is 11.5 Å². The monoisotopic (exact) mass is 418 g/mol. The van der Waals surface area contributed by atoms with Gasteiger partial charge in [-0.1, -0.05) is 46.4 Å². The molecule has 0 spiro atoms. The zero-order valence-corrected chi connectivity index (χ0v) is 16.4. The lowest BCUT2D eigenvalue weighted by molar-refractivity contribution is 0.414. The van der Waals surface area contributed by atoms with Crippen molar-refractivity contribution in [3.63, 3.8) is 0 Å². The van der Waals surface area contributed by atoms with Crippen molar-refractivity contribution < 1.29 is 9.47 Å². The molecule has 8 heteroatoms. The average molecular weight is 420 g/mol. The van der Waals surface area contributed by atoms with Gasteiger partial charge in [-0.25, -0.2) is 0 Å². The summed E-state index contributed by atoms with van der Waals surface area (Å²) >= 11 is 25.4. The van der Waals surface area contributed by atoms with Crippen molar-refractivity contribution in [1.82, 2.24) is 5.43 Å². The topological polar surface area (TPSA) is 42.8 Å². The van der Waals surface area contributed by atoms with Gasteiger partial charge < -0.3 is 14.9 Å². The van der Waals surface area contributed by atoms with Crippen LogP contribution in [-0.2, 0) is 0 Å². The fourth-order valence-corrected chi connectivity index (χ4v) is 4.14. The second-order valence-corrected chi connectivity index (χ2v) is 7.04. The molecule has 4 nitrogen and oxygen atoms in total. The Labute approximate surface area is 165 Å². The second-order valence-electron chi connectivity index (χ2n) is 5.42. The Morgan fingerprint density at radius 3 is 1.84 bits per heavy atom. The van der Waals surface area contributed by atoms with Gasteiger partial charge in [0.25, 0.3) is 0 Å². The third-order valence-electron chi connectivity index (χ3n) is 3.93. The van der Waals surface area contributed by atoms with E-state index in [0.717, 1.165) is 11.3 Å². The number of methoxy groups -OCH3 is 2. The molecule has 1 aliphatic rings. The molecular weight excluding hydrogens is 406 g/mol. The Balaban J connectivity index is 1.90. The quantitative estimate of drug-likeness (QED) is 0.685. The van der Waals surface area contributed by atoms with Crippen molar-refractivity contribution >= 4 is 52.1 Å². The number of nitrogens with zero attached hydrogens (tertiary/aromatic N) is 1. The standard InChI is InChI=1S/C17H14Cl4N2O2/c1-24-8-3-10(18)16(11(19)4-8)14-7-15(23-22-14)17-12(20)5-9(25-2)6-13(17)21/h3-6,14,22H,7H2,1-2H3. The number of hydrogen-bond acceptors (Lipinski definition) is 4. The van der Waals surface area contributed by atoms with E-state index in [4.69, 9.17) is 55.9 Å². The number of ether oxygens (including phenoxy) is 2. The summed E-state index contributed by atoms with van der Waals surface area (Å²) in [6, 6.07) is 6.65. The van der Waals surface area contributed by atoms with Crippen molar-refractivity contribution in [2.75, 3.05) is 14.2 Å². The number of hydrazone groups is 1. The first-order chi connectivity index (χ1) is 11.9.